The summed E-state index contributed by atoms with van der Waals surface area (Å²) >= 11 is 0. The van der Waals surface area contributed by atoms with Crippen LogP contribution >= 0.6 is 0 Å². The Kier molecular flexibility index (Phi) is 3.90. The average molecular weight is 204 g/mol. The Morgan fingerprint density at radius 2 is 2.00 bits per heavy atom. The number of ether oxygens (including phenoxy) is 1. The van der Waals surface area contributed by atoms with Crippen LogP contribution in [0.25, 0.3) is 0 Å². The van der Waals surface area contributed by atoms with E-state index < -0.39 is 12.1 Å². The lowest BCUT2D eigenvalue weighted by molar-refractivity contribution is -0.133. The van der Waals surface area contributed by atoms with E-state index in [1.165, 1.54) is 7.11 Å². The molecule has 3 heteroatoms. The molecule has 0 amide bonds. The van der Waals surface area contributed by atoms with Crippen molar-refractivity contribution in [2.24, 2.45) is 0 Å². The van der Waals surface area contributed by atoms with E-state index in [9.17, 15) is 9.90 Å². The number of carbonyl (C=O) groups excluding carboxylic acids is 1. The van der Waals surface area contributed by atoms with E-state index in [0.717, 1.165) is 5.56 Å². The fourth-order valence-corrected chi connectivity index (χ4v) is 1.01. The van der Waals surface area contributed by atoms with Gasteiger partial charge in [-0.2, -0.15) is 0 Å². The highest BCUT2D eigenvalue weighted by molar-refractivity contribution is 5.88. The summed E-state index contributed by atoms with van der Waals surface area (Å²) in [4.78, 5) is 10.7. The molecule has 0 aliphatic carbocycles. The van der Waals surface area contributed by atoms with Gasteiger partial charge < -0.3 is 9.84 Å². The minimum atomic E-state index is -0.954. The summed E-state index contributed by atoms with van der Waals surface area (Å²) in [6, 6.07) is 7.29. The molecule has 78 valence electrons. The van der Waals surface area contributed by atoms with Crippen molar-refractivity contribution >= 4 is 5.97 Å². The fourth-order valence-electron chi connectivity index (χ4n) is 1.01. The predicted molar refractivity (Wildman–Crippen MR) is 55.9 cm³/mol. The molecule has 3 nitrogen and oxygen atoms in total. The standard InChI is InChI=1S/C12H12O3/c1-9-3-5-10(6-4-9)11(13)7-8-12(14)15-2/h3-6,11,13H,1-2H3/t11-/m1/s1. The summed E-state index contributed by atoms with van der Waals surface area (Å²) in [5.41, 5.74) is 1.77. The van der Waals surface area contributed by atoms with Crippen molar-refractivity contribution in [1.82, 2.24) is 0 Å². The number of esters is 1. The highest BCUT2D eigenvalue weighted by Crippen LogP contribution is 2.12. The molecule has 1 N–H and O–H groups in total. The van der Waals surface area contributed by atoms with Gasteiger partial charge in [0.25, 0.3) is 0 Å². The van der Waals surface area contributed by atoms with Crippen LogP contribution in [-0.2, 0) is 9.53 Å². The van der Waals surface area contributed by atoms with Gasteiger partial charge in [0, 0.05) is 5.92 Å². The molecule has 0 aromatic heterocycles. The van der Waals surface area contributed by atoms with Gasteiger partial charge in [0.15, 0.2) is 0 Å². The van der Waals surface area contributed by atoms with E-state index in [1.807, 2.05) is 19.1 Å². The monoisotopic (exact) mass is 204 g/mol. The zero-order valence-electron chi connectivity index (χ0n) is 8.65. The summed E-state index contributed by atoms with van der Waals surface area (Å²) in [7, 11) is 1.25. The quantitative estimate of drug-likeness (QED) is 0.425. The number of aryl methyl sites for hydroxylation is 1. The SMILES string of the molecule is COC(=O)C#C[C@@H](O)c1ccc(C)cc1. The van der Waals surface area contributed by atoms with Crippen molar-refractivity contribution in [2.75, 3.05) is 7.11 Å². The molecule has 0 spiro atoms. The molecular weight excluding hydrogens is 192 g/mol. The number of rotatable bonds is 1. The Labute approximate surface area is 88.7 Å². The molecule has 0 unspecified atom stereocenters. The minimum Gasteiger partial charge on any atom is -0.459 e. The van der Waals surface area contributed by atoms with Crippen LogP contribution in [-0.4, -0.2) is 18.2 Å². The van der Waals surface area contributed by atoms with Gasteiger partial charge in [-0.05, 0) is 12.5 Å². The molecule has 1 rings (SSSR count). The van der Waals surface area contributed by atoms with Gasteiger partial charge in [-0.3, -0.25) is 0 Å². The van der Waals surface area contributed by atoms with Crippen LogP contribution in [0.2, 0.25) is 0 Å². The van der Waals surface area contributed by atoms with Gasteiger partial charge in [0.2, 0.25) is 0 Å². The van der Waals surface area contributed by atoms with Crippen molar-refractivity contribution in [2.45, 2.75) is 13.0 Å². The Morgan fingerprint density at radius 1 is 1.40 bits per heavy atom. The van der Waals surface area contributed by atoms with Gasteiger partial charge in [-0.1, -0.05) is 35.7 Å². The first-order chi connectivity index (χ1) is 7.13. The maximum atomic E-state index is 10.7. The van der Waals surface area contributed by atoms with Crippen molar-refractivity contribution < 1.29 is 14.6 Å². The second-order valence-corrected chi connectivity index (χ2v) is 3.07. The van der Waals surface area contributed by atoms with E-state index in [4.69, 9.17) is 0 Å². The number of hydrogen-bond acceptors (Lipinski definition) is 3. The zero-order valence-corrected chi connectivity index (χ0v) is 8.65. The third-order valence-corrected chi connectivity index (χ3v) is 1.89. The van der Waals surface area contributed by atoms with Crippen molar-refractivity contribution in [3.63, 3.8) is 0 Å². The molecule has 1 aromatic carbocycles. The maximum Gasteiger partial charge on any atom is 0.384 e. The van der Waals surface area contributed by atoms with Gasteiger partial charge in [0.1, 0.15) is 6.10 Å². The normalized spacial score (nSPS) is 11.1. The van der Waals surface area contributed by atoms with Crippen molar-refractivity contribution in [3.8, 4) is 11.8 Å². The van der Waals surface area contributed by atoms with Crippen LogP contribution in [0, 0.1) is 18.8 Å². The van der Waals surface area contributed by atoms with Crippen LogP contribution in [0.5, 0.6) is 0 Å². The summed E-state index contributed by atoms with van der Waals surface area (Å²) < 4.78 is 4.33. The number of hydrogen-bond donors (Lipinski definition) is 1. The Bertz CT molecular complexity index is 395. The van der Waals surface area contributed by atoms with Crippen LogP contribution in [0.3, 0.4) is 0 Å². The molecule has 15 heavy (non-hydrogen) atoms. The largest absolute Gasteiger partial charge is 0.459 e. The summed E-state index contributed by atoms with van der Waals surface area (Å²) in [5.74, 6) is 3.93. The summed E-state index contributed by atoms with van der Waals surface area (Å²) in [5, 5.41) is 9.57. The first-order valence-electron chi connectivity index (χ1n) is 4.47. The molecular formula is C12H12O3. The van der Waals surface area contributed by atoms with Gasteiger partial charge in [-0.25, -0.2) is 4.79 Å². The van der Waals surface area contributed by atoms with Crippen LogP contribution in [0.1, 0.15) is 17.2 Å². The smallest absolute Gasteiger partial charge is 0.384 e. The molecule has 0 aliphatic heterocycles. The molecule has 0 radical (unpaired) electrons. The van der Waals surface area contributed by atoms with Crippen LogP contribution in [0.15, 0.2) is 24.3 Å². The van der Waals surface area contributed by atoms with Gasteiger partial charge >= 0.3 is 5.97 Å². The van der Waals surface area contributed by atoms with Gasteiger partial charge in [-0.15, -0.1) is 0 Å². The zero-order chi connectivity index (χ0) is 11.3. The molecule has 0 bridgehead atoms. The topological polar surface area (TPSA) is 46.5 Å². The van der Waals surface area contributed by atoms with E-state index in [1.54, 1.807) is 12.1 Å². The maximum absolute atomic E-state index is 10.7. The van der Waals surface area contributed by atoms with Crippen molar-refractivity contribution in [3.05, 3.63) is 35.4 Å². The number of aliphatic hydroxyl groups excluding tert-OH is 1. The van der Waals surface area contributed by atoms with Gasteiger partial charge in [0.05, 0.1) is 7.11 Å². The molecule has 0 saturated heterocycles. The molecule has 1 aromatic rings. The van der Waals surface area contributed by atoms with E-state index >= 15 is 0 Å². The molecule has 0 fully saturated rings. The Hall–Kier alpha value is -1.79. The first-order valence-corrected chi connectivity index (χ1v) is 4.47. The summed E-state index contributed by atoms with van der Waals surface area (Å²) in [6.45, 7) is 1.95. The van der Waals surface area contributed by atoms with Crippen LogP contribution < -0.4 is 0 Å². The predicted octanol–water partition coefficient (Wildman–Crippen LogP) is 1.20. The Balaban J connectivity index is 2.75. The number of benzene rings is 1. The number of aliphatic hydroxyl groups is 1. The highest BCUT2D eigenvalue weighted by Gasteiger charge is 2.02. The first kappa shape index (κ1) is 11.3. The second-order valence-electron chi connectivity index (χ2n) is 3.07. The lowest BCUT2D eigenvalue weighted by Crippen LogP contribution is -1.98. The third-order valence-electron chi connectivity index (χ3n) is 1.89. The highest BCUT2D eigenvalue weighted by atomic mass is 16.5. The lowest BCUT2D eigenvalue weighted by atomic mass is 10.1. The van der Waals surface area contributed by atoms with E-state index in [-0.39, 0.29) is 0 Å². The molecule has 1 atom stereocenters. The van der Waals surface area contributed by atoms with E-state index in [2.05, 4.69) is 16.6 Å². The summed E-state index contributed by atoms with van der Waals surface area (Å²) in [6.07, 6.45) is -0.954. The van der Waals surface area contributed by atoms with Crippen molar-refractivity contribution in [1.29, 1.82) is 0 Å². The third kappa shape index (κ3) is 3.45. The van der Waals surface area contributed by atoms with Crippen LogP contribution in [0.4, 0.5) is 0 Å². The average Bonchev–Trinajstić information content (AvgIpc) is 2.26. The lowest BCUT2D eigenvalue weighted by Gasteiger charge is -2.03. The molecule has 0 aliphatic rings. The minimum absolute atomic E-state index is 0.652. The Morgan fingerprint density at radius 3 is 2.53 bits per heavy atom. The van der Waals surface area contributed by atoms with E-state index in [0.29, 0.717) is 5.56 Å². The fraction of sp³-hybridized carbons (Fsp3) is 0.250. The second kappa shape index (κ2) is 5.18. The molecule has 0 heterocycles. The number of carbonyl (C=O) groups is 1. The molecule has 0 saturated carbocycles. The number of methoxy groups -OCH3 is 1.